The number of allylic oxidation sites excluding steroid dienone is 2. The first-order valence-electron chi connectivity index (χ1n) is 6.45. The number of benzene rings is 1. The number of imide groups is 1. The van der Waals surface area contributed by atoms with Crippen molar-refractivity contribution in [1.82, 2.24) is 0 Å². The molecule has 0 radical (unpaired) electrons. The Bertz CT molecular complexity index is 538. The summed E-state index contributed by atoms with van der Waals surface area (Å²) >= 11 is 0. The first-order valence-corrected chi connectivity index (χ1v) is 6.45. The standard InChI is InChI=1S/C15H15NO3/c17-9-10-5-1-4-8-13(10)16-14(18)11-6-2-3-7-12(11)15(16)19/h1-5,8,11-12,17H,6-7,9H2/t11-,12+. The predicted molar refractivity (Wildman–Crippen MR) is 70.2 cm³/mol. The minimum atomic E-state index is -0.232. The lowest BCUT2D eigenvalue weighted by Crippen LogP contribution is -2.31. The van der Waals surface area contributed by atoms with Crippen LogP contribution in [0.3, 0.4) is 0 Å². The highest BCUT2D eigenvalue weighted by Crippen LogP contribution is 2.38. The summed E-state index contributed by atoms with van der Waals surface area (Å²) in [5.41, 5.74) is 1.13. The van der Waals surface area contributed by atoms with Gasteiger partial charge in [0, 0.05) is 5.56 Å². The third-order valence-corrected chi connectivity index (χ3v) is 3.91. The van der Waals surface area contributed by atoms with Crippen LogP contribution in [-0.4, -0.2) is 16.9 Å². The second-order valence-corrected chi connectivity index (χ2v) is 4.95. The molecule has 0 bridgehead atoms. The Morgan fingerprint density at radius 3 is 2.21 bits per heavy atom. The first kappa shape index (κ1) is 12.1. The molecule has 1 aliphatic heterocycles. The smallest absolute Gasteiger partial charge is 0.238 e. The van der Waals surface area contributed by atoms with Gasteiger partial charge in [-0.15, -0.1) is 0 Å². The molecule has 1 saturated heterocycles. The number of carbonyl (C=O) groups is 2. The SMILES string of the molecule is O=C1[C@H]2CC=CC[C@H]2C(=O)N1c1ccccc1CO. The Labute approximate surface area is 111 Å². The summed E-state index contributed by atoms with van der Waals surface area (Å²) in [6.07, 6.45) is 5.20. The van der Waals surface area contributed by atoms with E-state index in [2.05, 4.69) is 0 Å². The molecule has 0 saturated carbocycles. The van der Waals surface area contributed by atoms with Gasteiger partial charge in [-0.3, -0.25) is 9.59 Å². The van der Waals surface area contributed by atoms with Gasteiger partial charge in [0.05, 0.1) is 24.1 Å². The van der Waals surface area contributed by atoms with Crippen LogP contribution >= 0.6 is 0 Å². The maximum atomic E-state index is 12.4. The fraction of sp³-hybridized carbons (Fsp3) is 0.333. The Morgan fingerprint density at radius 1 is 1.05 bits per heavy atom. The number of hydrogen-bond acceptors (Lipinski definition) is 3. The van der Waals surface area contributed by atoms with E-state index in [-0.39, 0.29) is 30.3 Å². The van der Waals surface area contributed by atoms with Crippen LogP contribution in [0.15, 0.2) is 36.4 Å². The van der Waals surface area contributed by atoms with Crippen LogP contribution in [0.1, 0.15) is 18.4 Å². The molecule has 1 aromatic rings. The number of nitrogens with zero attached hydrogens (tertiary/aromatic N) is 1. The molecular weight excluding hydrogens is 242 g/mol. The lowest BCUT2D eigenvalue weighted by Gasteiger charge is -2.17. The van der Waals surface area contributed by atoms with E-state index < -0.39 is 0 Å². The van der Waals surface area contributed by atoms with E-state index >= 15 is 0 Å². The molecule has 2 amide bonds. The number of hydrogen-bond donors (Lipinski definition) is 1. The zero-order valence-corrected chi connectivity index (χ0v) is 10.5. The summed E-state index contributed by atoms with van der Waals surface area (Å²) in [4.78, 5) is 26.1. The van der Waals surface area contributed by atoms with E-state index in [1.54, 1.807) is 24.3 Å². The van der Waals surface area contributed by atoms with Gasteiger partial charge >= 0.3 is 0 Å². The van der Waals surface area contributed by atoms with Crippen LogP contribution in [0.25, 0.3) is 0 Å². The van der Waals surface area contributed by atoms with Crippen molar-refractivity contribution in [1.29, 1.82) is 0 Å². The summed E-state index contributed by atoms with van der Waals surface area (Å²) in [6.45, 7) is -0.180. The van der Waals surface area contributed by atoms with Gasteiger partial charge in [0.25, 0.3) is 0 Å². The van der Waals surface area contributed by atoms with Crippen LogP contribution in [0.2, 0.25) is 0 Å². The van der Waals surface area contributed by atoms with Crippen LogP contribution < -0.4 is 4.90 Å². The van der Waals surface area contributed by atoms with Gasteiger partial charge in [-0.05, 0) is 18.9 Å². The van der Waals surface area contributed by atoms with E-state index in [9.17, 15) is 14.7 Å². The monoisotopic (exact) mass is 257 g/mol. The van der Waals surface area contributed by atoms with E-state index in [0.29, 0.717) is 24.1 Å². The normalized spacial score (nSPS) is 25.8. The average molecular weight is 257 g/mol. The van der Waals surface area contributed by atoms with Crippen molar-refractivity contribution in [3.8, 4) is 0 Å². The summed E-state index contributed by atoms with van der Waals surface area (Å²) in [5.74, 6) is -0.742. The minimum absolute atomic E-state index is 0.139. The quantitative estimate of drug-likeness (QED) is 0.647. The Morgan fingerprint density at radius 2 is 1.63 bits per heavy atom. The maximum Gasteiger partial charge on any atom is 0.238 e. The average Bonchev–Trinajstić information content (AvgIpc) is 2.71. The summed E-state index contributed by atoms with van der Waals surface area (Å²) in [5, 5.41) is 9.35. The molecule has 2 aliphatic rings. The van der Waals surface area contributed by atoms with Crippen LogP contribution in [0.4, 0.5) is 5.69 Å². The van der Waals surface area contributed by atoms with Gasteiger partial charge in [0.1, 0.15) is 0 Å². The topological polar surface area (TPSA) is 57.6 Å². The lowest BCUT2D eigenvalue weighted by molar-refractivity contribution is -0.122. The Kier molecular flexibility index (Phi) is 2.95. The van der Waals surface area contributed by atoms with Crippen molar-refractivity contribution >= 4 is 17.5 Å². The molecule has 98 valence electrons. The van der Waals surface area contributed by atoms with Crippen LogP contribution in [0, 0.1) is 11.8 Å². The maximum absolute atomic E-state index is 12.4. The fourth-order valence-corrected chi connectivity index (χ4v) is 2.90. The molecule has 1 N–H and O–H groups in total. The molecule has 4 heteroatoms. The van der Waals surface area contributed by atoms with Gasteiger partial charge in [0.2, 0.25) is 11.8 Å². The lowest BCUT2D eigenvalue weighted by atomic mass is 9.85. The van der Waals surface area contributed by atoms with Crippen molar-refractivity contribution in [3.63, 3.8) is 0 Å². The molecule has 0 aromatic heterocycles. The van der Waals surface area contributed by atoms with Gasteiger partial charge in [0.15, 0.2) is 0 Å². The van der Waals surface area contributed by atoms with Gasteiger partial charge in [-0.2, -0.15) is 0 Å². The number of rotatable bonds is 2. The van der Waals surface area contributed by atoms with Gasteiger partial charge in [-0.1, -0.05) is 30.4 Å². The highest BCUT2D eigenvalue weighted by molar-refractivity contribution is 6.22. The number of anilines is 1. The molecule has 1 aromatic carbocycles. The summed E-state index contributed by atoms with van der Waals surface area (Å²) in [7, 11) is 0. The van der Waals surface area contributed by atoms with Crippen LogP contribution in [0.5, 0.6) is 0 Å². The molecule has 1 fully saturated rings. The molecule has 2 atom stereocenters. The van der Waals surface area contributed by atoms with Crippen molar-refractivity contribution in [2.45, 2.75) is 19.4 Å². The second-order valence-electron chi connectivity index (χ2n) is 4.95. The van der Waals surface area contributed by atoms with Crippen molar-refractivity contribution in [3.05, 3.63) is 42.0 Å². The van der Waals surface area contributed by atoms with E-state index in [0.717, 1.165) is 0 Å². The molecule has 4 nitrogen and oxygen atoms in total. The number of para-hydroxylation sites is 1. The summed E-state index contributed by atoms with van der Waals surface area (Å²) in [6, 6.07) is 7.01. The zero-order valence-electron chi connectivity index (χ0n) is 10.5. The van der Waals surface area contributed by atoms with Gasteiger partial charge in [-0.25, -0.2) is 4.90 Å². The molecule has 1 heterocycles. The molecule has 3 rings (SSSR count). The number of aliphatic hydroxyl groups is 1. The number of amides is 2. The largest absolute Gasteiger partial charge is 0.392 e. The molecule has 19 heavy (non-hydrogen) atoms. The molecular formula is C15H15NO3. The van der Waals surface area contributed by atoms with Gasteiger partial charge < -0.3 is 5.11 Å². The minimum Gasteiger partial charge on any atom is -0.392 e. The number of fused-ring (bicyclic) bond motifs is 1. The third kappa shape index (κ3) is 1.79. The predicted octanol–water partition coefficient (Wildman–Crippen LogP) is 1.63. The molecule has 1 aliphatic carbocycles. The van der Waals surface area contributed by atoms with E-state index in [4.69, 9.17) is 0 Å². The van der Waals surface area contributed by atoms with E-state index in [1.165, 1.54) is 4.90 Å². The highest BCUT2D eigenvalue weighted by atomic mass is 16.3. The summed E-state index contributed by atoms with van der Waals surface area (Å²) < 4.78 is 0. The number of carbonyl (C=O) groups excluding carboxylic acids is 2. The zero-order chi connectivity index (χ0) is 13.4. The highest BCUT2D eigenvalue weighted by Gasteiger charge is 2.48. The fourth-order valence-electron chi connectivity index (χ4n) is 2.90. The van der Waals surface area contributed by atoms with Crippen molar-refractivity contribution in [2.75, 3.05) is 4.90 Å². The second kappa shape index (κ2) is 4.63. The molecule has 0 unspecified atom stereocenters. The third-order valence-electron chi connectivity index (χ3n) is 3.91. The van der Waals surface area contributed by atoms with E-state index in [1.807, 2.05) is 12.2 Å². The Balaban J connectivity index is 2.02. The van der Waals surface area contributed by atoms with Crippen molar-refractivity contribution in [2.24, 2.45) is 11.8 Å². The van der Waals surface area contributed by atoms with Crippen LogP contribution in [-0.2, 0) is 16.2 Å². The number of aliphatic hydroxyl groups excluding tert-OH is 1. The first-order chi connectivity index (χ1) is 9.24. The Hall–Kier alpha value is -1.94. The molecule has 0 spiro atoms. The van der Waals surface area contributed by atoms with Crippen molar-refractivity contribution < 1.29 is 14.7 Å².